The Morgan fingerprint density at radius 2 is 1.96 bits per heavy atom. The predicted octanol–water partition coefficient (Wildman–Crippen LogP) is 4.14. The number of hydrogen-bond acceptors (Lipinski definition) is 4. The highest BCUT2D eigenvalue weighted by Gasteiger charge is 2.30. The Morgan fingerprint density at radius 3 is 2.63 bits per heavy atom. The summed E-state index contributed by atoms with van der Waals surface area (Å²) in [6, 6.07) is 9.71. The van der Waals surface area contributed by atoms with Gasteiger partial charge < -0.3 is 9.47 Å². The summed E-state index contributed by atoms with van der Waals surface area (Å²) < 4.78 is 34.9. The highest BCUT2D eigenvalue weighted by molar-refractivity contribution is 6.34. The van der Waals surface area contributed by atoms with Crippen LogP contribution in [0.15, 0.2) is 36.4 Å². The lowest BCUT2D eigenvalue weighted by Gasteiger charge is -2.23. The van der Waals surface area contributed by atoms with Gasteiger partial charge in [-0.3, -0.25) is 14.9 Å². The van der Waals surface area contributed by atoms with E-state index in [1.165, 1.54) is 19.2 Å². The van der Waals surface area contributed by atoms with E-state index in [0.717, 1.165) is 0 Å². The summed E-state index contributed by atoms with van der Waals surface area (Å²) in [4.78, 5) is 23.5. The lowest BCUT2D eigenvalue weighted by molar-refractivity contribution is -0.134. The normalized spacial score (nSPS) is 17.0. The molecular formula is C19H16ClF2NO4. The van der Waals surface area contributed by atoms with Crippen LogP contribution in [0.5, 0.6) is 11.5 Å². The first-order valence-electron chi connectivity index (χ1n) is 8.16. The van der Waals surface area contributed by atoms with E-state index >= 15 is 0 Å². The van der Waals surface area contributed by atoms with Gasteiger partial charge in [0.2, 0.25) is 11.8 Å². The van der Waals surface area contributed by atoms with Crippen molar-refractivity contribution in [2.75, 3.05) is 7.11 Å². The number of halogens is 3. The molecule has 0 radical (unpaired) electrons. The third-order valence-electron chi connectivity index (χ3n) is 4.33. The van der Waals surface area contributed by atoms with Gasteiger partial charge in [0, 0.05) is 12.0 Å². The Hall–Kier alpha value is -2.67. The maximum atomic E-state index is 12.7. The Balaban J connectivity index is 2.01. The minimum absolute atomic E-state index is 0.118. The van der Waals surface area contributed by atoms with E-state index in [1.807, 2.05) is 0 Å². The van der Waals surface area contributed by atoms with Gasteiger partial charge in [0.05, 0.1) is 18.1 Å². The second-order valence-electron chi connectivity index (χ2n) is 5.96. The van der Waals surface area contributed by atoms with Crippen molar-refractivity contribution in [2.24, 2.45) is 0 Å². The molecule has 0 aromatic heterocycles. The first kappa shape index (κ1) is 19.1. The number of imide groups is 1. The van der Waals surface area contributed by atoms with Crippen LogP contribution in [-0.4, -0.2) is 25.5 Å². The maximum Gasteiger partial charge on any atom is 0.387 e. The zero-order valence-electron chi connectivity index (χ0n) is 14.3. The second-order valence-corrected chi connectivity index (χ2v) is 6.33. The van der Waals surface area contributed by atoms with Crippen molar-refractivity contribution in [3.05, 3.63) is 47.0 Å². The quantitative estimate of drug-likeness (QED) is 0.773. The van der Waals surface area contributed by atoms with E-state index in [1.54, 1.807) is 24.3 Å². The van der Waals surface area contributed by atoms with Crippen molar-refractivity contribution in [3.63, 3.8) is 0 Å². The third kappa shape index (κ3) is 4.03. The van der Waals surface area contributed by atoms with Crippen molar-refractivity contribution in [1.29, 1.82) is 0 Å². The van der Waals surface area contributed by atoms with Crippen molar-refractivity contribution in [1.82, 2.24) is 5.32 Å². The lowest BCUT2D eigenvalue weighted by atomic mass is 9.88. The van der Waals surface area contributed by atoms with Gasteiger partial charge in [-0.1, -0.05) is 35.9 Å². The molecule has 1 fully saturated rings. The highest BCUT2D eigenvalue weighted by atomic mass is 35.5. The number of carbonyl (C=O) groups excluding carboxylic acids is 2. The average molecular weight is 396 g/mol. The third-order valence-corrected chi connectivity index (χ3v) is 4.76. The fraction of sp³-hybridized carbons (Fsp3) is 0.263. The molecule has 0 aliphatic carbocycles. The number of hydrogen-bond donors (Lipinski definition) is 1. The number of nitrogens with one attached hydrogen (secondary N) is 1. The molecule has 3 rings (SSSR count). The van der Waals surface area contributed by atoms with Gasteiger partial charge in [0.1, 0.15) is 0 Å². The molecule has 1 aliphatic rings. The van der Waals surface area contributed by atoms with Crippen molar-refractivity contribution >= 4 is 23.4 Å². The standard InChI is InChI=1S/C19H16ClF2NO4/c1-26-14-7-5-10(9-15(14)27-19(21)22)11-3-2-4-12(17(11)20)13-6-8-16(24)23-18(13)25/h2-5,7,9,13,19H,6,8H2,1H3,(H,23,24,25). The number of carbonyl (C=O) groups is 2. The van der Waals surface area contributed by atoms with Gasteiger partial charge >= 0.3 is 6.61 Å². The molecule has 2 amide bonds. The molecule has 5 nitrogen and oxygen atoms in total. The molecule has 0 spiro atoms. The van der Waals surface area contributed by atoms with Crippen LogP contribution < -0.4 is 14.8 Å². The van der Waals surface area contributed by atoms with E-state index in [0.29, 0.717) is 28.1 Å². The minimum atomic E-state index is -3.00. The fourth-order valence-electron chi connectivity index (χ4n) is 3.06. The van der Waals surface area contributed by atoms with Gasteiger partial charge in [-0.25, -0.2) is 0 Å². The monoisotopic (exact) mass is 395 g/mol. The molecule has 1 saturated heterocycles. The summed E-state index contributed by atoms with van der Waals surface area (Å²) in [5.41, 5.74) is 1.66. The second kappa shape index (κ2) is 7.92. The van der Waals surface area contributed by atoms with Crippen LogP contribution >= 0.6 is 11.6 Å². The zero-order chi connectivity index (χ0) is 19.6. The molecular weight excluding hydrogens is 380 g/mol. The van der Waals surface area contributed by atoms with Crippen molar-refractivity contribution in [2.45, 2.75) is 25.4 Å². The number of amides is 2. The van der Waals surface area contributed by atoms with Crippen LogP contribution in [0.2, 0.25) is 5.02 Å². The summed E-state index contributed by atoms with van der Waals surface area (Å²) >= 11 is 6.52. The smallest absolute Gasteiger partial charge is 0.387 e. The maximum absolute atomic E-state index is 12.7. The number of ether oxygens (including phenoxy) is 2. The minimum Gasteiger partial charge on any atom is -0.493 e. The summed E-state index contributed by atoms with van der Waals surface area (Å²) in [5, 5.41) is 2.62. The van der Waals surface area contributed by atoms with Gasteiger partial charge in [0.25, 0.3) is 0 Å². The fourth-order valence-corrected chi connectivity index (χ4v) is 3.43. The van der Waals surface area contributed by atoms with Gasteiger partial charge in [-0.15, -0.1) is 0 Å². The first-order valence-corrected chi connectivity index (χ1v) is 8.54. The topological polar surface area (TPSA) is 64.6 Å². The van der Waals surface area contributed by atoms with Crippen LogP contribution in [0.4, 0.5) is 8.78 Å². The zero-order valence-corrected chi connectivity index (χ0v) is 15.1. The SMILES string of the molecule is COc1ccc(-c2cccc(C3CCC(=O)NC3=O)c2Cl)cc1OC(F)F. The Bertz CT molecular complexity index is 888. The van der Waals surface area contributed by atoms with E-state index < -0.39 is 18.4 Å². The van der Waals surface area contributed by atoms with Gasteiger partial charge in [0.15, 0.2) is 11.5 Å². The van der Waals surface area contributed by atoms with Crippen LogP contribution in [0.1, 0.15) is 24.3 Å². The molecule has 1 heterocycles. The number of piperidine rings is 1. The van der Waals surface area contributed by atoms with Crippen LogP contribution in [-0.2, 0) is 9.59 Å². The van der Waals surface area contributed by atoms with E-state index in [-0.39, 0.29) is 23.8 Å². The van der Waals surface area contributed by atoms with Gasteiger partial charge in [-0.2, -0.15) is 8.78 Å². The lowest BCUT2D eigenvalue weighted by Crippen LogP contribution is -2.39. The van der Waals surface area contributed by atoms with Crippen molar-refractivity contribution < 1.29 is 27.8 Å². The molecule has 8 heteroatoms. The molecule has 1 aliphatic heterocycles. The number of methoxy groups -OCH3 is 1. The average Bonchev–Trinajstić information content (AvgIpc) is 2.62. The molecule has 1 N–H and O–H groups in total. The molecule has 0 saturated carbocycles. The molecule has 0 bridgehead atoms. The summed E-state index contributed by atoms with van der Waals surface area (Å²) in [7, 11) is 1.35. The molecule has 142 valence electrons. The molecule has 27 heavy (non-hydrogen) atoms. The molecule has 2 aromatic rings. The molecule has 1 atom stereocenters. The summed E-state index contributed by atoms with van der Waals surface area (Å²) in [6.45, 7) is -3.00. The van der Waals surface area contributed by atoms with Gasteiger partial charge in [-0.05, 0) is 29.7 Å². The Morgan fingerprint density at radius 1 is 1.19 bits per heavy atom. The first-order chi connectivity index (χ1) is 12.9. The number of alkyl halides is 2. The molecule has 1 unspecified atom stereocenters. The predicted molar refractivity (Wildman–Crippen MR) is 95.2 cm³/mol. The van der Waals surface area contributed by atoms with Crippen LogP contribution in [0.3, 0.4) is 0 Å². The number of benzene rings is 2. The van der Waals surface area contributed by atoms with Crippen LogP contribution in [0.25, 0.3) is 11.1 Å². The molecule has 2 aromatic carbocycles. The van der Waals surface area contributed by atoms with E-state index in [4.69, 9.17) is 16.3 Å². The van der Waals surface area contributed by atoms with Crippen molar-refractivity contribution in [3.8, 4) is 22.6 Å². The Kier molecular flexibility index (Phi) is 5.60. The highest BCUT2D eigenvalue weighted by Crippen LogP contribution is 2.40. The number of rotatable bonds is 5. The van der Waals surface area contributed by atoms with E-state index in [2.05, 4.69) is 10.1 Å². The largest absolute Gasteiger partial charge is 0.493 e. The summed E-state index contributed by atoms with van der Waals surface area (Å²) in [6.07, 6.45) is 0.585. The van der Waals surface area contributed by atoms with E-state index in [9.17, 15) is 18.4 Å². The van der Waals surface area contributed by atoms with Crippen LogP contribution in [0, 0.1) is 0 Å². The summed E-state index contributed by atoms with van der Waals surface area (Å²) in [5.74, 6) is -1.22. The Labute approximate surface area is 159 Å².